The number of nitrogens with zero attached hydrogens (tertiary/aromatic N) is 1. The Morgan fingerprint density at radius 1 is 1.03 bits per heavy atom. The van der Waals surface area contributed by atoms with E-state index in [-0.39, 0.29) is 16.0 Å². The number of carbonyl (C=O) groups is 2. The van der Waals surface area contributed by atoms with Crippen LogP contribution in [0.2, 0.25) is 0 Å². The lowest BCUT2D eigenvalue weighted by atomic mass is 10.0. The minimum absolute atomic E-state index is 0.0645. The van der Waals surface area contributed by atoms with Gasteiger partial charge < -0.3 is 14.8 Å². The molecule has 5 rings (SSSR count). The molecule has 1 aliphatic heterocycles. The van der Waals surface area contributed by atoms with Gasteiger partial charge in [-0.25, -0.2) is 9.18 Å². The monoisotopic (exact) mass is 479 g/mol. The molecule has 2 N–H and O–H groups in total. The summed E-state index contributed by atoms with van der Waals surface area (Å²) < 4.78 is 16.6. The van der Waals surface area contributed by atoms with Crippen molar-refractivity contribution in [2.75, 3.05) is 5.75 Å². The van der Waals surface area contributed by atoms with Crippen molar-refractivity contribution in [1.82, 2.24) is 4.57 Å². The lowest BCUT2D eigenvalue weighted by Gasteiger charge is -2.25. The standard InChI is InChI=1S/C24H14FNO5S2/c25-16-9-14-20-23(22(16)32-11-19(27)28)33-18-7-6-13(12-4-2-1-3-5-12)8-17(18)26(20)10-15(21(14)29)24(30)31/h1-10H,11H2,(H,27,28)(H,30,31). The Bertz CT molecular complexity index is 1530. The van der Waals surface area contributed by atoms with Gasteiger partial charge in [0.1, 0.15) is 11.4 Å². The van der Waals surface area contributed by atoms with Crippen LogP contribution in [0.5, 0.6) is 0 Å². The minimum Gasteiger partial charge on any atom is -0.481 e. The van der Waals surface area contributed by atoms with E-state index >= 15 is 4.39 Å². The average Bonchev–Trinajstić information content (AvgIpc) is 2.80. The predicted molar refractivity (Wildman–Crippen MR) is 124 cm³/mol. The van der Waals surface area contributed by atoms with E-state index in [1.165, 1.54) is 18.0 Å². The van der Waals surface area contributed by atoms with Crippen molar-refractivity contribution >= 4 is 46.4 Å². The number of benzene rings is 3. The van der Waals surface area contributed by atoms with Crippen LogP contribution in [0.15, 0.2) is 80.3 Å². The van der Waals surface area contributed by atoms with Crippen molar-refractivity contribution in [2.45, 2.75) is 14.7 Å². The Morgan fingerprint density at radius 2 is 1.79 bits per heavy atom. The average molecular weight is 480 g/mol. The van der Waals surface area contributed by atoms with E-state index in [1.54, 1.807) is 4.57 Å². The van der Waals surface area contributed by atoms with Crippen LogP contribution in [-0.4, -0.2) is 32.5 Å². The number of carboxylic acid groups (broad SMARTS) is 2. The van der Waals surface area contributed by atoms with Crippen LogP contribution in [-0.2, 0) is 4.79 Å². The number of carboxylic acids is 2. The second-order valence-electron chi connectivity index (χ2n) is 7.29. The molecule has 0 fully saturated rings. The summed E-state index contributed by atoms with van der Waals surface area (Å²) in [5.74, 6) is -3.62. The molecular weight excluding hydrogens is 465 g/mol. The molecule has 1 aliphatic rings. The van der Waals surface area contributed by atoms with E-state index in [0.29, 0.717) is 16.1 Å². The Morgan fingerprint density at radius 3 is 2.48 bits per heavy atom. The third-order valence-electron chi connectivity index (χ3n) is 5.26. The van der Waals surface area contributed by atoms with Gasteiger partial charge in [0, 0.05) is 11.1 Å². The molecular formula is C24H14FNO5S2. The summed E-state index contributed by atoms with van der Waals surface area (Å²) in [7, 11) is 0. The topological polar surface area (TPSA) is 96.6 Å². The van der Waals surface area contributed by atoms with Gasteiger partial charge in [0.2, 0.25) is 5.43 Å². The fraction of sp³-hybridized carbons (Fsp3) is 0.0417. The van der Waals surface area contributed by atoms with Crippen LogP contribution in [0.3, 0.4) is 0 Å². The van der Waals surface area contributed by atoms with Crippen LogP contribution in [0.1, 0.15) is 10.4 Å². The van der Waals surface area contributed by atoms with Crippen molar-refractivity contribution < 1.29 is 24.2 Å². The Hall–Kier alpha value is -3.56. The summed E-state index contributed by atoms with van der Waals surface area (Å²) in [5, 5.41) is 18.6. The van der Waals surface area contributed by atoms with Gasteiger partial charge in [-0.2, -0.15) is 0 Å². The molecule has 0 saturated carbocycles. The molecule has 164 valence electrons. The Kier molecular flexibility index (Phi) is 5.22. The molecule has 4 aromatic rings. The van der Waals surface area contributed by atoms with Gasteiger partial charge in [-0.1, -0.05) is 48.2 Å². The van der Waals surface area contributed by atoms with Crippen molar-refractivity contribution in [3.05, 3.63) is 82.4 Å². The molecule has 0 unspecified atom stereocenters. The molecule has 33 heavy (non-hydrogen) atoms. The number of aliphatic carboxylic acids is 1. The maximum atomic E-state index is 15.0. The van der Waals surface area contributed by atoms with Crippen molar-refractivity contribution in [3.8, 4) is 16.8 Å². The number of hydrogen-bond acceptors (Lipinski definition) is 5. The van der Waals surface area contributed by atoms with E-state index in [4.69, 9.17) is 5.11 Å². The number of aromatic nitrogens is 1. The van der Waals surface area contributed by atoms with Crippen LogP contribution in [0.4, 0.5) is 4.39 Å². The van der Waals surface area contributed by atoms with Gasteiger partial charge in [-0.15, -0.1) is 11.8 Å². The van der Waals surface area contributed by atoms with Crippen LogP contribution in [0.25, 0.3) is 27.7 Å². The first kappa shape index (κ1) is 21.3. The third kappa shape index (κ3) is 3.59. The zero-order chi connectivity index (χ0) is 23.3. The molecule has 0 spiro atoms. The first-order valence-electron chi connectivity index (χ1n) is 9.72. The fourth-order valence-corrected chi connectivity index (χ4v) is 5.93. The normalized spacial score (nSPS) is 11.9. The lowest BCUT2D eigenvalue weighted by molar-refractivity contribution is -0.133. The van der Waals surface area contributed by atoms with E-state index in [9.17, 15) is 19.5 Å². The number of hydrogen-bond donors (Lipinski definition) is 2. The number of rotatable bonds is 5. The molecule has 0 radical (unpaired) electrons. The van der Waals surface area contributed by atoms with E-state index in [2.05, 4.69) is 0 Å². The highest BCUT2D eigenvalue weighted by molar-refractivity contribution is 8.02. The molecule has 1 aromatic heterocycles. The zero-order valence-corrected chi connectivity index (χ0v) is 18.4. The van der Waals surface area contributed by atoms with Gasteiger partial charge >= 0.3 is 11.9 Å². The SMILES string of the molecule is O=C(O)CSc1c(F)cc2c(=O)c(C(=O)O)cn3c2c1Sc1ccc(-c2ccccc2)cc1-3. The summed E-state index contributed by atoms with van der Waals surface area (Å²) in [6.45, 7) is 0. The molecule has 0 aliphatic carbocycles. The summed E-state index contributed by atoms with van der Waals surface area (Å²) in [6.07, 6.45) is 1.26. The minimum atomic E-state index is -1.41. The molecule has 2 heterocycles. The van der Waals surface area contributed by atoms with Crippen molar-refractivity contribution in [1.29, 1.82) is 0 Å². The Labute approximate surface area is 194 Å². The van der Waals surface area contributed by atoms with Crippen LogP contribution >= 0.6 is 23.5 Å². The summed E-state index contributed by atoms with van der Waals surface area (Å²) in [6, 6.07) is 16.3. The van der Waals surface area contributed by atoms with Crippen molar-refractivity contribution in [3.63, 3.8) is 0 Å². The predicted octanol–water partition coefficient (Wildman–Crippen LogP) is 5.14. The van der Waals surface area contributed by atoms with Gasteiger partial charge in [-0.05, 0) is 29.3 Å². The first-order valence-corrected chi connectivity index (χ1v) is 11.5. The van der Waals surface area contributed by atoms with Crippen molar-refractivity contribution in [2.24, 2.45) is 0 Å². The maximum Gasteiger partial charge on any atom is 0.341 e. The lowest BCUT2D eigenvalue weighted by Crippen LogP contribution is -2.20. The van der Waals surface area contributed by atoms with Gasteiger partial charge in [0.15, 0.2) is 0 Å². The highest BCUT2D eigenvalue weighted by Crippen LogP contribution is 2.48. The molecule has 0 bridgehead atoms. The van der Waals surface area contributed by atoms with E-state index < -0.39 is 28.7 Å². The number of thioether (sulfide) groups is 1. The third-order valence-corrected chi connectivity index (χ3v) is 7.64. The zero-order valence-electron chi connectivity index (χ0n) is 16.7. The molecule has 6 nitrogen and oxygen atoms in total. The fourth-order valence-electron chi connectivity index (χ4n) is 3.83. The summed E-state index contributed by atoms with van der Waals surface area (Å²) in [4.78, 5) is 37.0. The number of halogens is 1. The van der Waals surface area contributed by atoms with Gasteiger partial charge in [0.25, 0.3) is 0 Å². The second kappa shape index (κ2) is 8.09. The smallest absolute Gasteiger partial charge is 0.341 e. The molecule has 0 amide bonds. The van der Waals surface area contributed by atoms with E-state index in [1.807, 2.05) is 48.5 Å². The molecule has 9 heteroatoms. The highest BCUT2D eigenvalue weighted by Gasteiger charge is 2.28. The summed E-state index contributed by atoms with van der Waals surface area (Å²) >= 11 is 2.06. The van der Waals surface area contributed by atoms with Crippen LogP contribution < -0.4 is 5.43 Å². The van der Waals surface area contributed by atoms with Gasteiger partial charge in [-0.3, -0.25) is 9.59 Å². The van der Waals surface area contributed by atoms with E-state index in [0.717, 1.165) is 33.9 Å². The molecule has 0 atom stereocenters. The number of fused-ring (bicyclic) bond motifs is 2. The largest absolute Gasteiger partial charge is 0.481 e. The number of pyridine rings is 1. The number of aromatic carboxylic acids is 1. The van der Waals surface area contributed by atoms with Crippen LogP contribution in [0, 0.1) is 5.82 Å². The van der Waals surface area contributed by atoms with Gasteiger partial charge in [0.05, 0.1) is 32.1 Å². The molecule has 0 saturated heterocycles. The molecule has 3 aromatic carbocycles. The highest BCUT2D eigenvalue weighted by atomic mass is 32.2. The maximum absolute atomic E-state index is 15.0. The Balaban J connectivity index is 1.84. The second-order valence-corrected chi connectivity index (χ2v) is 9.33. The first-order chi connectivity index (χ1) is 15.8. The summed E-state index contributed by atoms with van der Waals surface area (Å²) in [5.41, 5.74) is 1.62. The quantitative estimate of drug-likeness (QED) is 0.337.